The van der Waals surface area contributed by atoms with Crippen molar-refractivity contribution in [2.45, 2.75) is 25.4 Å². The molecule has 1 fully saturated rings. The summed E-state index contributed by atoms with van der Waals surface area (Å²) in [6, 6.07) is 10.4. The topological polar surface area (TPSA) is 57.5 Å². The fraction of sp³-hybridized carbons (Fsp3) is 0.550. The van der Waals surface area contributed by atoms with Gasteiger partial charge in [-0.1, -0.05) is 30.3 Å². The Morgan fingerprint density at radius 2 is 1.85 bits per heavy atom. The Morgan fingerprint density at radius 1 is 1.04 bits per heavy atom. The van der Waals surface area contributed by atoms with Crippen molar-refractivity contribution in [1.82, 2.24) is 29.5 Å². The van der Waals surface area contributed by atoms with Crippen molar-refractivity contribution in [3.05, 3.63) is 36.2 Å². The lowest BCUT2D eigenvalue weighted by atomic mass is 10.1. The number of fused-ring (bicyclic) bond motifs is 1. The van der Waals surface area contributed by atoms with E-state index in [9.17, 15) is 4.79 Å². The summed E-state index contributed by atoms with van der Waals surface area (Å²) in [5.74, 6) is 2.12. The fourth-order valence-electron chi connectivity index (χ4n) is 4.03. The van der Waals surface area contributed by atoms with Crippen LogP contribution in [-0.2, 0) is 17.8 Å². The molecule has 0 aliphatic carbocycles. The molecule has 2 aliphatic rings. The first-order valence-electron chi connectivity index (χ1n) is 9.76. The molecule has 27 heavy (non-hydrogen) atoms. The largest absolute Gasteiger partial charge is 0.340 e. The van der Waals surface area contributed by atoms with E-state index >= 15 is 0 Å². The molecule has 1 aromatic carbocycles. The van der Waals surface area contributed by atoms with Crippen molar-refractivity contribution in [2.75, 3.05) is 46.8 Å². The highest BCUT2D eigenvalue weighted by Crippen LogP contribution is 2.20. The van der Waals surface area contributed by atoms with Crippen molar-refractivity contribution < 1.29 is 4.79 Å². The van der Waals surface area contributed by atoms with Crippen molar-refractivity contribution in [2.24, 2.45) is 0 Å². The smallest absolute Gasteiger partial charge is 0.224 e. The average molecular weight is 368 g/mol. The Bertz CT molecular complexity index is 789. The highest BCUT2D eigenvalue weighted by Gasteiger charge is 2.28. The Hall–Kier alpha value is -2.25. The third-order valence-electron chi connectivity index (χ3n) is 5.80. The Kier molecular flexibility index (Phi) is 5.22. The lowest BCUT2D eigenvalue weighted by Crippen LogP contribution is -2.52. The van der Waals surface area contributed by atoms with Gasteiger partial charge in [0.2, 0.25) is 5.91 Å². The Morgan fingerprint density at radius 3 is 2.67 bits per heavy atom. The Labute approximate surface area is 160 Å². The summed E-state index contributed by atoms with van der Waals surface area (Å²) in [4.78, 5) is 19.6. The highest BCUT2D eigenvalue weighted by molar-refractivity contribution is 5.77. The number of rotatable bonds is 3. The first-order chi connectivity index (χ1) is 13.1. The fourth-order valence-corrected chi connectivity index (χ4v) is 4.03. The normalized spacial score (nSPS) is 21.7. The number of carbonyl (C=O) groups is 1. The molecule has 7 heteroatoms. The van der Waals surface area contributed by atoms with Gasteiger partial charge in [-0.3, -0.25) is 4.79 Å². The molecule has 1 saturated heterocycles. The van der Waals surface area contributed by atoms with Gasteiger partial charge in [0.15, 0.2) is 5.82 Å². The van der Waals surface area contributed by atoms with Crippen LogP contribution in [0, 0.1) is 0 Å². The monoisotopic (exact) mass is 368 g/mol. The van der Waals surface area contributed by atoms with Gasteiger partial charge in [-0.05, 0) is 14.1 Å². The zero-order valence-electron chi connectivity index (χ0n) is 16.2. The number of hydrogen-bond donors (Lipinski definition) is 0. The van der Waals surface area contributed by atoms with Crippen LogP contribution in [-0.4, -0.2) is 88.2 Å². The number of benzene rings is 1. The molecule has 0 bridgehead atoms. The third-order valence-corrected chi connectivity index (χ3v) is 5.80. The van der Waals surface area contributed by atoms with Gasteiger partial charge in [-0.2, -0.15) is 0 Å². The summed E-state index contributed by atoms with van der Waals surface area (Å²) < 4.78 is 2.17. The molecule has 1 amide bonds. The van der Waals surface area contributed by atoms with Gasteiger partial charge in [-0.15, -0.1) is 10.2 Å². The van der Waals surface area contributed by atoms with Gasteiger partial charge in [0.1, 0.15) is 5.82 Å². The average Bonchev–Trinajstić information content (AvgIpc) is 2.96. The number of likely N-dealkylation sites (N-methyl/N-ethyl adjacent to an activating group) is 2. The first-order valence-corrected chi connectivity index (χ1v) is 9.76. The molecule has 0 saturated carbocycles. The summed E-state index contributed by atoms with van der Waals surface area (Å²) >= 11 is 0. The molecular formula is C20H28N6O. The predicted octanol–water partition coefficient (Wildman–Crippen LogP) is 0.966. The van der Waals surface area contributed by atoms with Crippen LogP contribution in [0.1, 0.15) is 12.2 Å². The maximum atomic E-state index is 12.9. The summed E-state index contributed by atoms with van der Waals surface area (Å²) in [7, 11) is 4.26. The quantitative estimate of drug-likeness (QED) is 0.808. The van der Waals surface area contributed by atoms with Crippen LogP contribution in [0.5, 0.6) is 0 Å². The third kappa shape index (κ3) is 3.89. The number of nitrogens with zero attached hydrogens (tertiary/aromatic N) is 6. The molecule has 2 aliphatic heterocycles. The second-order valence-electron chi connectivity index (χ2n) is 7.69. The molecule has 2 aromatic rings. The van der Waals surface area contributed by atoms with Crippen LogP contribution in [0.15, 0.2) is 30.3 Å². The summed E-state index contributed by atoms with van der Waals surface area (Å²) in [5.41, 5.74) is 1.07. The summed E-state index contributed by atoms with van der Waals surface area (Å²) in [6.07, 6.45) is 1.35. The molecule has 3 heterocycles. The van der Waals surface area contributed by atoms with Gasteiger partial charge < -0.3 is 19.3 Å². The molecule has 7 nitrogen and oxygen atoms in total. The van der Waals surface area contributed by atoms with E-state index in [-0.39, 0.29) is 5.91 Å². The van der Waals surface area contributed by atoms with Gasteiger partial charge in [0.05, 0.1) is 0 Å². The van der Waals surface area contributed by atoms with E-state index in [1.54, 1.807) is 0 Å². The highest BCUT2D eigenvalue weighted by atomic mass is 16.2. The zero-order chi connectivity index (χ0) is 18.8. The number of carbonyl (C=O) groups excluding carboxylic acids is 1. The van der Waals surface area contributed by atoms with Crippen LogP contribution >= 0.6 is 0 Å². The molecular weight excluding hydrogens is 340 g/mol. The van der Waals surface area contributed by atoms with Crippen LogP contribution in [0.2, 0.25) is 0 Å². The van der Waals surface area contributed by atoms with E-state index in [0.717, 1.165) is 62.9 Å². The minimum Gasteiger partial charge on any atom is -0.340 e. The second-order valence-corrected chi connectivity index (χ2v) is 7.69. The molecule has 0 radical (unpaired) electrons. The Balaban J connectivity index is 1.43. The van der Waals surface area contributed by atoms with Crippen molar-refractivity contribution in [1.29, 1.82) is 0 Å². The lowest BCUT2D eigenvalue weighted by Gasteiger charge is -2.38. The summed E-state index contributed by atoms with van der Waals surface area (Å²) in [6.45, 7) is 5.24. The molecule has 0 spiro atoms. The van der Waals surface area contributed by atoms with Gasteiger partial charge in [0, 0.05) is 63.7 Å². The zero-order valence-corrected chi connectivity index (χ0v) is 16.2. The maximum Gasteiger partial charge on any atom is 0.224 e. The van der Waals surface area contributed by atoms with Crippen LogP contribution < -0.4 is 0 Å². The molecule has 144 valence electrons. The van der Waals surface area contributed by atoms with Crippen LogP contribution in [0.25, 0.3) is 11.4 Å². The number of piperazine rings is 1. The van der Waals surface area contributed by atoms with E-state index < -0.39 is 0 Å². The van der Waals surface area contributed by atoms with Crippen molar-refractivity contribution >= 4 is 5.91 Å². The van der Waals surface area contributed by atoms with Gasteiger partial charge in [0.25, 0.3) is 0 Å². The number of aromatic nitrogens is 3. The van der Waals surface area contributed by atoms with Crippen LogP contribution in [0.4, 0.5) is 0 Å². The van der Waals surface area contributed by atoms with E-state index in [1.807, 2.05) is 23.1 Å². The van der Waals surface area contributed by atoms with Crippen molar-refractivity contribution in [3.8, 4) is 11.4 Å². The second kappa shape index (κ2) is 7.78. The van der Waals surface area contributed by atoms with Crippen molar-refractivity contribution in [3.63, 3.8) is 0 Å². The summed E-state index contributed by atoms with van der Waals surface area (Å²) in [5, 5.41) is 8.77. The van der Waals surface area contributed by atoms with E-state index in [2.05, 4.69) is 50.8 Å². The minimum atomic E-state index is 0.252. The SMILES string of the molecule is CN1CCN(C)[C@@H](CC(=O)N2CCc3nnc(-c4ccccc4)n3CC2)C1. The number of amides is 1. The first kappa shape index (κ1) is 18.1. The molecule has 0 unspecified atom stereocenters. The van der Waals surface area contributed by atoms with E-state index in [0.29, 0.717) is 12.5 Å². The molecule has 1 aromatic heterocycles. The molecule has 1 atom stereocenters. The van der Waals surface area contributed by atoms with Gasteiger partial charge >= 0.3 is 0 Å². The van der Waals surface area contributed by atoms with Crippen LogP contribution in [0.3, 0.4) is 0 Å². The predicted molar refractivity (Wildman–Crippen MR) is 104 cm³/mol. The molecule has 0 N–H and O–H groups in total. The van der Waals surface area contributed by atoms with Gasteiger partial charge in [-0.25, -0.2) is 0 Å². The lowest BCUT2D eigenvalue weighted by molar-refractivity contribution is -0.133. The molecule has 4 rings (SSSR count). The maximum absolute atomic E-state index is 12.9. The minimum absolute atomic E-state index is 0.252. The van der Waals surface area contributed by atoms with E-state index in [4.69, 9.17) is 0 Å². The van der Waals surface area contributed by atoms with E-state index in [1.165, 1.54) is 0 Å². The standard InChI is InChI=1S/C20H28N6O/c1-23-10-11-24(2)17(15-23)14-19(27)25-9-8-18-21-22-20(26(18)13-12-25)16-6-4-3-5-7-16/h3-7,17H,8-15H2,1-2H3/t17-/m0/s1. The number of hydrogen-bond acceptors (Lipinski definition) is 5.